The lowest BCUT2D eigenvalue weighted by Crippen LogP contribution is -2.39. The average molecular weight is 419 g/mol. The number of aromatic amines is 2. The molecule has 8 nitrogen and oxygen atoms in total. The minimum absolute atomic E-state index is 0.0237. The Morgan fingerprint density at radius 3 is 2.68 bits per heavy atom. The summed E-state index contributed by atoms with van der Waals surface area (Å²) < 4.78 is 0. The van der Waals surface area contributed by atoms with Gasteiger partial charge in [0, 0.05) is 24.5 Å². The van der Waals surface area contributed by atoms with Gasteiger partial charge in [0.05, 0.1) is 23.0 Å². The topological polar surface area (TPSA) is 98.0 Å². The number of carbonyl (C=O) groups is 2. The van der Waals surface area contributed by atoms with Gasteiger partial charge in [-0.1, -0.05) is 18.2 Å². The first kappa shape index (κ1) is 19.5. The molecule has 8 heteroatoms. The number of nitrogens with one attached hydrogen (secondary N) is 2. The average Bonchev–Trinajstić information content (AvgIpc) is 3.52. The van der Waals surface area contributed by atoms with E-state index in [9.17, 15) is 9.59 Å². The Morgan fingerprint density at radius 2 is 1.87 bits per heavy atom. The lowest BCUT2D eigenvalue weighted by atomic mass is 9.97. The first-order valence-corrected chi connectivity index (χ1v) is 10.8. The molecule has 0 saturated carbocycles. The molecule has 1 atom stereocenters. The highest BCUT2D eigenvalue weighted by molar-refractivity contribution is 6.06. The summed E-state index contributed by atoms with van der Waals surface area (Å²) in [6.45, 7) is 5.05. The molecule has 1 unspecified atom stereocenters. The van der Waals surface area contributed by atoms with Gasteiger partial charge in [-0.05, 0) is 57.2 Å². The standard InChI is InChI=1S/C23H26N6O2/c1-14-21(15(2)25-24-14)23(31)28-11-6-5-9-20(28)17-13-18(27-26-17)22(30)29-12-10-16-7-3-4-8-19(16)29/h3-4,7-8,13,20H,5-6,9-12H2,1-2H3,(H,24,25)(H,26,27). The highest BCUT2D eigenvalue weighted by Crippen LogP contribution is 2.33. The van der Waals surface area contributed by atoms with Crippen LogP contribution in [-0.2, 0) is 6.42 Å². The fraction of sp³-hybridized carbons (Fsp3) is 0.391. The number of H-pyrrole nitrogens is 2. The highest BCUT2D eigenvalue weighted by atomic mass is 16.2. The SMILES string of the molecule is Cc1n[nH]c(C)c1C(=O)N1CCCCC1c1cc(C(=O)N2CCc3ccccc32)n[nH]1. The Morgan fingerprint density at radius 1 is 1.03 bits per heavy atom. The Labute approximate surface area is 180 Å². The van der Waals surface area contributed by atoms with E-state index in [1.807, 2.05) is 43.0 Å². The Kier molecular flexibility index (Phi) is 4.84. The molecule has 3 aromatic rings. The normalized spacial score (nSPS) is 18.3. The first-order chi connectivity index (χ1) is 15.0. The molecule has 0 bridgehead atoms. The number of aromatic nitrogens is 4. The fourth-order valence-electron chi connectivity index (χ4n) is 4.81. The zero-order chi connectivity index (χ0) is 21.5. The van der Waals surface area contributed by atoms with Gasteiger partial charge in [0.25, 0.3) is 11.8 Å². The number of benzene rings is 1. The van der Waals surface area contributed by atoms with Crippen molar-refractivity contribution in [1.82, 2.24) is 25.3 Å². The molecule has 2 aliphatic rings. The molecule has 1 fully saturated rings. The van der Waals surface area contributed by atoms with Crippen molar-refractivity contribution in [3.05, 3.63) is 64.2 Å². The second kappa shape index (κ2) is 7.68. The minimum Gasteiger partial charge on any atom is -0.330 e. The van der Waals surface area contributed by atoms with Gasteiger partial charge in [0.2, 0.25) is 0 Å². The van der Waals surface area contributed by atoms with Crippen molar-refractivity contribution in [3.63, 3.8) is 0 Å². The van der Waals surface area contributed by atoms with Crippen LogP contribution in [0.5, 0.6) is 0 Å². The first-order valence-electron chi connectivity index (χ1n) is 10.8. The van der Waals surface area contributed by atoms with Crippen molar-refractivity contribution in [1.29, 1.82) is 0 Å². The van der Waals surface area contributed by atoms with Crippen LogP contribution >= 0.6 is 0 Å². The summed E-state index contributed by atoms with van der Waals surface area (Å²) in [6.07, 6.45) is 3.68. The zero-order valence-electron chi connectivity index (χ0n) is 17.8. The van der Waals surface area contributed by atoms with Gasteiger partial charge in [-0.15, -0.1) is 0 Å². The second-order valence-corrected chi connectivity index (χ2v) is 8.36. The number of carbonyl (C=O) groups excluding carboxylic acids is 2. The van der Waals surface area contributed by atoms with Crippen LogP contribution in [0.1, 0.15) is 68.8 Å². The van der Waals surface area contributed by atoms with Crippen LogP contribution in [0.15, 0.2) is 30.3 Å². The van der Waals surface area contributed by atoms with Crippen LogP contribution in [0.3, 0.4) is 0 Å². The van der Waals surface area contributed by atoms with Gasteiger partial charge in [-0.2, -0.15) is 10.2 Å². The number of anilines is 1. The van der Waals surface area contributed by atoms with Crippen molar-refractivity contribution in [3.8, 4) is 0 Å². The third-order valence-electron chi connectivity index (χ3n) is 6.41. The number of aryl methyl sites for hydroxylation is 2. The highest BCUT2D eigenvalue weighted by Gasteiger charge is 2.33. The zero-order valence-corrected chi connectivity index (χ0v) is 17.8. The van der Waals surface area contributed by atoms with E-state index < -0.39 is 0 Å². The van der Waals surface area contributed by atoms with E-state index in [1.54, 1.807) is 4.90 Å². The van der Waals surface area contributed by atoms with Crippen LogP contribution in [-0.4, -0.2) is 50.2 Å². The van der Waals surface area contributed by atoms with E-state index in [1.165, 1.54) is 5.56 Å². The fourth-order valence-corrected chi connectivity index (χ4v) is 4.81. The maximum Gasteiger partial charge on any atom is 0.278 e. The summed E-state index contributed by atoms with van der Waals surface area (Å²) in [4.78, 5) is 30.2. The molecule has 1 saturated heterocycles. The predicted molar refractivity (Wildman–Crippen MR) is 116 cm³/mol. The molecule has 0 spiro atoms. The van der Waals surface area contributed by atoms with Gasteiger partial charge in [0.15, 0.2) is 5.69 Å². The van der Waals surface area contributed by atoms with Gasteiger partial charge < -0.3 is 9.80 Å². The molecule has 31 heavy (non-hydrogen) atoms. The van der Waals surface area contributed by atoms with Crippen molar-refractivity contribution in [2.24, 2.45) is 0 Å². The molecule has 5 rings (SSSR count). The lowest BCUT2D eigenvalue weighted by molar-refractivity contribution is 0.0604. The smallest absolute Gasteiger partial charge is 0.278 e. The number of fused-ring (bicyclic) bond motifs is 1. The molecule has 2 N–H and O–H groups in total. The van der Waals surface area contributed by atoms with Gasteiger partial charge in [-0.25, -0.2) is 0 Å². The summed E-state index contributed by atoms with van der Waals surface area (Å²) in [5, 5.41) is 14.5. The van der Waals surface area contributed by atoms with E-state index in [4.69, 9.17) is 0 Å². The van der Waals surface area contributed by atoms with Crippen molar-refractivity contribution >= 4 is 17.5 Å². The Bertz CT molecular complexity index is 1130. The summed E-state index contributed by atoms with van der Waals surface area (Å²) >= 11 is 0. The maximum atomic E-state index is 13.3. The van der Waals surface area contributed by atoms with Crippen molar-refractivity contribution < 1.29 is 9.59 Å². The van der Waals surface area contributed by atoms with Crippen LogP contribution < -0.4 is 4.90 Å². The number of piperidine rings is 1. The van der Waals surface area contributed by atoms with Gasteiger partial charge >= 0.3 is 0 Å². The van der Waals surface area contributed by atoms with Gasteiger partial charge in [0.1, 0.15) is 0 Å². The lowest BCUT2D eigenvalue weighted by Gasteiger charge is -2.35. The number of hydrogen-bond donors (Lipinski definition) is 2. The number of likely N-dealkylation sites (tertiary alicyclic amines) is 1. The van der Waals surface area contributed by atoms with E-state index >= 15 is 0 Å². The van der Waals surface area contributed by atoms with Crippen molar-refractivity contribution in [2.75, 3.05) is 18.0 Å². The molecule has 160 valence electrons. The molecule has 0 radical (unpaired) electrons. The molecule has 4 heterocycles. The van der Waals surface area contributed by atoms with Crippen LogP contribution in [0.25, 0.3) is 0 Å². The molecule has 2 aromatic heterocycles. The molecule has 2 amide bonds. The van der Waals surface area contributed by atoms with Crippen LogP contribution in [0, 0.1) is 13.8 Å². The van der Waals surface area contributed by atoms with E-state index in [2.05, 4.69) is 26.5 Å². The van der Waals surface area contributed by atoms with Crippen LogP contribution in [0.2, 0.25) is 0 Å². The largest absolute Gasteiger partial charge is 0.330 e. The third-order valence-corrected chi connectivity index (χ3v) is 6.41. The number of para-hydroxylation sites is 1. The minimum atomic E-state index is -0.130. The molecular weight excluding hydrogens is 392 g/mol. The van der Waals surface area contributed by atoms with E-state index in [0.717, 1.165) is 42.8 Å². The molecular formula is C23H26N6O2. The second-order valence-electron chi connectivity index (χ2n) is 8.36. The van der Waals surface area contributed by atoms with Crippen molar-refractivity contribution in [2.45, 2.75) is 45.6 Å². The molecule has 1 aromatic carbocycles. The van der Waals surface area contributed by atoms with Gasteiger partial charge in [-0.3, -0.25) is 19.8 Å². The number of hydrogen-bond acceptors (Lipinski definition) is 4. The quantitative estimate of drug-likeness (QED) is 0.682. The maximum absolute atomic E-state index is 13.3. The summed E-state index contributed by atoms with van der Waals surface area (Å²) in [5.74, 6) is -0.132. The Balaban J connectivity index is 1.40. The predicted octanol–water partition coefficient (Wildman–Crippen LogP) is 3.32. The molecule has 0 aliphatic carbocycles. The number of nitrogens with zero attached hydrogens (tertiary/aromatic N) is 4. The Hall–Kier alpha value is -3.42. The summed E-state index contributed by atoms with van der Waals surface area (Å²) in [7, 11) is 0. The molecule has 2 aliphatic heterocycles. The summed E-state index contributed by atoms with van der Waals surface area (Å²) in [6, 6.07) is 9.67. The summed E-state index contributed by atoms with van der Waals surface area (Å²) in [5.41, 5.74) is 5.46. The van der Waals surface area contributed by atoms with E-state index in [-0.39, 0.29) is 17.9 Å². The monoisotopic (exact) mass is 418 g/mol. The number of amides is 2. The third kappa shape index (κ3) is 3.32. The van der Waals surface area contributed by atoms with E-state index in [0.29, 0.717) is 30.0 Å². The van der Waals surface area contributed by atoms with Crippen LogP contribution in [0.4, 0.5) is 5.69 Å². The number of rotatable bonds is 3.